The lowest BCUT2D eigenvalue weighted by Gasteiger charge is -2.19. The number of rotatable bonds is 3. The maximum atomic E-state index is 11.4. The van der Waals surface area contributed by atoms with Crippen molar-refractivity contribution in [3.8, 4) is 0 Å². The Balaban J connectivity index is 2.31. The average Bonchev–Trinajstić information content (AvgIpc) is 2.43. The zero-order valence-corrected chi connectivity index (χ0v) is 11.2. The van der Waals surface area contributed by atoms with Crippen molar-refractivity contribution in [3.05, 3.63) is 17.5 Å². The van der Waals surface area contributed by atoms with E-state index in [1.54, 1.807) is 0 Å². The van der Waals surface area contributed by atoms with Crippen molar-refractivity contribution in [1.82, 2.24) is 15.1 Å². The van der Waals surface area contributed by atoms with Crippen LogP contribution in [0.4, 0.5) is 4.79 Å². The number of carbonyl (C=O) groups is 1. The Hall–Kier alpha value is -1.52. The first kappa shape index (κ1) is 13.5. The molecule has 17 heavy (non-hydrogen) atoms. The van der Waals surface area contributed by atoms with Crippen LogP contribution >= 0.6 is 0 Å². The van der Waals surface area contributed by atoms with E-state index in [0.717, 1.165) is 11.3 Å². The Kier molecular flexibility index (Phi) is 4.15. The molecule has 0 aliphatic rings. The molecule has 1 rings (SSSR count). The van der Waals surface area contributed by atoms with Crippen LogP contribution in [0.5, 0.6) is 0 Å². The maximum absolute atomic E-state index is 11.4. The highest BCUT2D eigenvalue weighted by Gasteiger charge is 2.15. The van der Waals surface area contributed by atoms with Gasteiger partial charge in [0, 0.05) is 12.7 Å². The van der Waals surface area contributed by atoms with Gasteiger partial charge in [0.2, 0.25) is 0 Å². The highest BCUT2D eigenvalue weighted by atomic mass is 16.6. The van der Waals surface area contributed by atoms with E-state index in [9.17, 15) is 4.79 Å². The summed E-state index contributed by atoms with van der Waals surface area (Å²) >= 11 is 0. The summed E-state index contributed by atoms with van der Waals surface area (Å²) in [5.41, 5.74) is 1.72. The number of hydrogen-bond donors (Lipinski definition) is 1. The van der Waals surface area contributed by atoms with Crippen molar-refractivity contribution < 1.29 is 9.53 Å². The van der Waals surface area contributed by atoms with Crippen molar-refractivity contribution >= 4 is 6.09 Å². The quantitative estimate of drug-likeness (QED) is 0.878. The zero-order valence-electron chi connectivity index (χ0n) is 11.2. The second-order valence-corrected chi connectivity index (χ2v) is 5.09. The molecule has 0 aromatic carbocycles. The topological polar surface area (TPSA) is 56.2 Å². The van der Waals surface area contributed by atoms with Crippen LogP contribution in [0.3, 0.4) is 0 Å². The van der Waals surface area contributed by atoms with Gasteiger partial charge in [-0.3, -0.25) is 4.68 Å². The molecule has 0 atom stereocenters. The van der Waals surface area contributed by atoms with E-state index in [1.165, 1.54) is 0 Å². The van der Waals surface area contributed by atoms with E-state index in [-0.39, 0.29) is 0 Å². The molecule has 96 valence electrons. The molecule has 0 spiro atoms. The first-order chi connectivity index (χ1) is 7.78. The van der Waals surface area contributed by atoms with Crippen LogP contribution in [0, 0.1) is 13.8 Å². The summed E-state index contributed by atoms with van der Waals surface area (Å²) in [7, 11) is 0. The molecule has 0 unspecified atom stereocenters. The van der Waals surface area contributed by atoms with Crippen LogP contribution in [0.2, 0.25) is 0 Å². The molecule has 1 aromatic heterocycles. The predicted octanol–water partition coefficient (Wildman–Crippen LogP) is 2.02. The van der Waals surface area contributed by atoms with E-state index in [2.05, 4.69) is 10.4 Å². The number of nitrogens with one attached hydrogen (secondary N) is 1. The largest absolute Gasteiger partial charge is 0.444 e. The highest BCUT2D eigenvalue weighted by Crippen LogP contribution is 2.06. The lowest BCUT2D eigenvalue weighted by molar-refractivity contribution is 0.0525. The van der Waals surface area contributed by atoms with Gasteiger partial charge in [-0.25, -0.2) is 4.79 Å². The molecule has 1 heterocycles. The van der Waals surface area contributed by atoms with E-state index >= 15 is 0 Å². The van der Waals surface area contributed by atoms with E-state index in [0.29, 0.717) is 13.1 Å². The van der Waals surface area contributed by atoms with Crippen LogP contribution in [0.1, 0.15) is 32.0 Å². The molecule has 0 radical (unpaired) electrons. The van der Waals surface area contributed by atoms with Crippen molar-refractivity contribution in [2.75, 3.05) is 6.54 Å². The van der Waals surface area contributed by atoms with E-state index < -0.39 is 11.7 Å². The first-order valence-electron chi connectivity index (χ1n) is 5.75. The molecule has 0 saturated heterocycles. The second-order valence-electron chi connectivity index (χ2n) is 5.09. The Bertz CT molecular complexity index is 371. The lowest BCUT2D eigenvalue weighted by atomic mass is 10.2. The SMILES string of the molecule is Cc1cn(CCNC(=O)OC(C)(C)C)nc1C. The monoisotopic (exact) mass is 239 g/mol. The summed E-state index contributed by atoms with van der Waals surface area (Å²) < 4.78 is 6.95. The molecule has 1 amide bonds. The lowest BCUT2D eigenvalue weighted by Crippen LogP contribution is -2.34. The fourth-order valence-corrected chi connectivity index (χ4v) is 1.32. The molecule has 0 aliphatic carbocycles. The standard InChI is InChI=1S/C12H21N3O2/c1-9-8-15(14-10(9)2)7-6-13-11(16)17-12(3,4)5/h8H,6-7H2,1-5H3,(H,13,16). The molecular formula is C12H21N3O2. The van der Waals surface area contributed by atoms with Crippen molar-refractivity contribution in [2.45, 2.75) is 46.8 Å². The van der Waals surface area contributed by atoms with Crippen molar-refractivity contribution in [3.63, 3.8) is 0 Å². The smallest absolute Gasteiger partial charge is 0.407 e. The molecule has 5 nitrogen and oxygen atoms in total. The molecule has 5 heteroatoms. The van der Waals surface area contributed by atoms with Crippen molar-refractivity contribution in [1.29, 1.82) is 0 Å². The summed E-state index contributed by atoms with van der Waals surface area (Å²) in [4.78, 5) is 11.4. The minimum absolute atomic E-state index is 0.391. The second kappa shape index (κ2) is 5.21. The van der Waals surface area contributed by atoms with E-state index in [4.69, 9.17) is 4.74 Å². The number of nitrogens with zero attached hydrogens (tertiary/aromatic N) is 2. The molecule has 0 aliphatic heterocycles. The van der Waals surface area contributed by atoms with E-state index in [1.807, 2.05) is 45.5 Å². The highest BCUT2D eigenvalue weighted by molar-refractivity contribution is 5.67. The fourth-order valence-electron chi connectivity index (χ4n) is 1.32. The van der Waals surface area contributed by atoms with Gasteiger partial charge in [0.15, 0.2) is 0 Å². The van der Waals surface area contributed by atoms with Gasteiger partial charge in [-0.05, 0) is 40.2 Å². The molecule has 0 saturated carbocycles. The summed E-state index contributed by atoms with van der Waals surface area (Å²) in [6.07, 6.45) is 1.57. The van der Waals surface area contributed by atoms with Gasteiger partial charge in [0.05, 0.1) is 12.2 Å². The van der Waals surface area contributed by atoms with Crippen LogP contribution in [0.15, 0.2) is 6.20 Å². The summed E-state index contributed by atoms with van der Waals surface area (Å²) in [5.74, 6) is 0. The molecule has 0 fully saturated rings. The Morgan fingerprint density at radius 3 is 2.59 bits per heavy atom. The maximum Gasteiger partial charge on any atom is 0.407 e. The third-order valence-corrected chi connectivity index (χ3v) is 2.20. The summed E-state index contributed by atoms with van der Waals surface area (Å²) in [6, 6.07) is 0. The molecule has 1 N–H and O–H groups in total. The van der Waals surface area contributed by atoms with Gasteiger partial charge in [-0.1, -0.05) is 0 Å². The Labute approximate surface area is 102 Å². The van der Waals surface area contributed by atoms with Crippen LogP contribution < -0.4 is 5.32 Å². The third kappa shape index (κ3) is 4.89. The van der Waals surface area contributed by atoms with Gasteiger partial charge in [-0.2, -0.15) is 5.10 Å². The number of hydrogen-bond acceptors (Lipinski definition) is 3. The average molecular weight is 239 g/mol. The minimum Gasteiger partial charge on any atom is -0.444 e. The number of aryl methyl sites for hydroxylation is 2. The van der Waals surface area contributed by atoms with Crippen molar-refractivity contribution in [2.24, 2.45) is 0 Å². The van der Waals surface area contributed by atoms with Gasteiger partial charge >= 0.3 is 6.09 Å². The number of ether oxygens (including phenoxy) is 1. The minimum atomic E-state index is -0.455. The van der Waals surface area contributed by atoms with Crippen LogP contribution in [-0.2, 0) is 11.3 Å². The normalized spacial score (nSPS) is 11.4. The van der Waals surface area contributed by atoms with Crippen LogP contribution in [0.25, 0.3) is 0 Å². The van der Waals surface area contributed by atoms with Gasteiger partial charge in [0.25, 0.3) is 0 Å². The summed E-state index contributed by atoms with van der Waals surface area (Å²) in [5, 5.41) is 7.00. The Morgan fingerprint density at radius 2 is 2.12 bits per heavy atom. The zero-order chi connectivity index (χ0) is 13.1. The summed E-state index contributed by atoms with van der Waals surface area (Å²) in [6.45, 7) is 10.7. The van der Waals surface area contributed by atoms with Gasteiger partial charge in [0.1, 0.15) is 5.60 Å². The predicted molar refractivity (Wildman–Crippen MR) is 65.9 cm³/mol. The molecule has 0 bridgehead atoms. The Morgan fingerprint density at radius 1 is 1.47 bits per heavy atom. The number of alkyl carbamates (subject to hydrolysis) is 1. The molecule has 1 aromatic rings. The molecular weight excluding hydrogens is 218 g/mol. The van der Waals surface area contributed by atoms with Gasteiger partial charge < -0.3 is 10.1 Å². The number of aromatic nitrogens is 2. The third-order valence-electron chi connectivity index (χ3n) is 2.20. The number of carbonyl (C=O) groups excluding carboxylic acids is 1. The van der Waals surface area contributed by atoms with Crippen LogP contribution in [-0.4, -0.2) is 28.0 Å². The first-order valence-corrected chi connectivity index (χ1v) is 5.75. The van der Waals surface area contributed by atoms with Gasteiger partial charge in [-0.15, -0.1) is 0 Å². The number of amides is 1. The fraction of sp³-hybridized carbons (Fsp3) is 0.667.